The van der Waals surface area contributed by atoms with Gasteiger partial charge in [-0.15, -0.1) is 11.3 Å². The van der Waals surface area contributed by atoms with E-state index in [4.69, 9.17) is 14.8 Å². The van der Waals surface area contributed by atoms with E-state index >= 15 is 0 Å². The van der Waals surface area contributed by atoms with Crippen molar-refractivity contribution in [1.82, 2.24) is 4.98 Å². The highest BCUT2D eigenvalue weighted by Crippen LogP contribution is 2.22. The fourth-order valence-corrected chi connectivity index (χ4v) is 2.17. The van der Waals surface area contributed by atoms with Crippen LogP contribution in [0.1, 0.15) is 13.3 Å². The van der Waals surface area contributed by atoms with Crippen molar-refractivity contribution in [1.29, 1.82) is 0 Å². The van der Waals surface area contributed by atoms with E-state index < -0.39 is 7.12 Å². The highest BCUT2D eigenvalue weighted by atomic mass is 32.1. The van der Waals surface area contributed by atoms with E-state index in [0.29, 0.717) is 11.5 Å². The summed E-state index contributed by atoms with van der Waals surface area (Å²) in [5.41, 5.74) is 0.738. The molecule has 1 aromatic carbocycles. The van der Waals surface area contributed by atoms with Gasteiger partial charge in [-0.05, 0) is 18.6 Å². The molecule has 0 atom stereocenters. The van der Waals surface area contributed by atoms with Gasteiger partial charge in [-0.3, -0.25) is 0 Å². The number of rotatable bonds is 4. The Bertz CT molecular complexity index is 486. The molecule has 6 heteroatoms. The summed E-state index contributed by atoms with van der Waals surface area (Å²) in [6.07, 6.45) is 0.954. The van der Waals surface area contributed by atoms with Crippen molar-refractivity contribution >= 4 is 33.6 Å². The van der Waals surface area contributed by atoms with Gasteiger partial charge in [0.2, 0.25) is 0 Å². The number of benzene rings is 1. The first-order valence-corrected chi connectivity index (χ1v) is 5.91. The van der Waals surface area contributed by atoms with Crippen molar-refractivity contribution in [2.75, 3.05) is 6.61 Å². The molecule has 0 aliphatic heterocycles. The molecule has 0 bridgehead atoms. The maximum absolute atomic E-state index is 9.01. The zero-order chi connectivity index (χ0) is 11.5. The minimum Gasteiger partial charge on any atom is -0.494 e. The molecule has 0 saturated heterocycles. The zero-order valence-electron chi connectivity index (χ0n) is 8.88. The van der Waals surface area contributed by atoms with Gasteiger partial charge >= 0.3 is 7.12 Å². The molecule has 0 amide bonds. The van der Waals surface area contributed by atoms with Crippen LogP contribution in [0.2, 0.25) is 0 Å². The first-order valence-electron chi connectivity index (χ1n) is 5.10. The van der Waals surface area contributed by atoms with Crippen molar-refractivity contribution in [3.05, 3.63) is 18.2 Å². The Hall–Kier alpha value is -1.11. The standard InChI is InChI=1S/C10H12BNO3S/c1-2-5-15-7-3-4-9-8(6-7)12-10(16-9)11(13)14/h3-4,6,13-14H,2,5H2,1H3. The lowest BCUT2D eigenvalue weighted by molar-refractivity contribution is 0.318. The number of aromatic nitrogens is 1. The van der Waals surface area contributed by atoms with Gasteiger partial charge in [-0.25, -0.2) is 4.98 Å². The van der Waals surface area contributed by atoms with Crippen LogP contribution in [0.3, 0.4) is 0 Å². The highest BCUT2D eigenvalue weighted by Gasteiger charge is 2.16. The number of fused-ring (bicyclic) bond motifs is 1. The lowest BCUT2D eigenvalue weighted by Crippen LogP contribution is -2.28. The number of hydrogen-bond donors (Lipinski definition) is 2. The highest BCUT2D eigenvalue weighted by molar-refractivity contribution is 7.27. The summed E-state index contributed by atoms with van der Waals surface area (Å²) in [5.74, 6) is 0.763. The Kier molecular flexibility index (Phi) is 3.43. The summed E-state index contributed by atoms with van der Waals surface area (Å²) < 4.78 is 6.40. The molecular formula is C10H12BNO3S. The van der Waals surface area contributed by atoms with Crippen molar-refractivity contribution < 1.29 is 14.8 Å². The summed E-state index contributed by atoms with van der Waals surface area (Å²) in [6, 6.07) is 5.56. The number of hydrogen-bond acceptors (Lipinski definition) is 5. The predicted molar refractivity (Wildman–Crippen MR) is 65.2 cm³/mol. The minimum absolute atomic E-state index is 0.308. The molecule has 4 nitrogen and oxygen atoms in total. The number of nitrogens with zero attached hydrogens (tertiary/aromatic N) is 1. The van der Waals surface area contributed by atoms with Crippen molar-refractivity contribution in [3.8, 4) is 5.75 Å². The van der Waals surface area contributed by atoms with Gasteiger partial charge in [0.25, 0.3) is 0 Å². The second kappa shape index (κ2) is 4.82. The summed E-state index contributed by atoms with van der Waals surface area (Å²) in [6.45, 7) is 2.72. The van der Waals surface area contributed by atoms with Crippen LogP contribution in [-0.2, 0) is 0 Å². The first kappa shape index (κ1) is 11.4. The molecule has 0 saturated carbocycles. The number of thiazole rings is 1. The largest absolute Gasteiger partial charge is 0.519 e. The molecule has 0 fully saturated rings. The third-order valence-corrected chi connectivity index (χ3v) is 3.15. The molecule has 16 heavy (non-hydrogen) atoms. The van der Waals surface area contributed by atoms with E-state index in [2.05, 4.69) is 4.98 Å². The maximum Gasteiger partial charge on any atom is 0.519 e. The summed E-state index contributed by atoms with van der Waals surface area (Å²) >= 11 is 1.27. The Morgan fingerprint density at radius 2 is 2.25 bits per heavy atom. The Labute approximate surface area is 97.7 Å². The fourth-order valence-electron chi connectivity index (χ4n) is 1.35. The van der Waals surface area contributed by atoms with Gasteiger partial charge in [0.05, 0.1) is 16.8 Å². The average molecular weight is 237 g/mol. The van der Waals surface area contributed by atoms with E-state index in [1.54, 1.807) is 0 Å². The average Bonchev–Trinajstić information content (AvgIpc) is 2.69. The molecule has 1 heterocycles. The van der Waals surface area contributed by atoms with Crippen LogP contribution in [0.4, 0.5) is 0 Å². The van der Waals surface area contributed by atoms with Crippen LogP contribution in [-0.4, -0.2) is 28.8 Å². The molecule has 84 valence electrons. The van der Waals surface area contributed by atoms with E-state index in [1.807, 2.05) is 25.1 Å². The van der Waals surface area contributed by atoms with Crippen molar-refractivity contribution in [2.24, 2.45) is 0 Å². The van der Waals surface area contributed by atoms with Crippen LogP contribution in [0.5, 0.6) is 5.75 Å². The van der Waals surface area contributed by atoms with Crippen LogP contribution >= 0.6 is 11.3 Å². The topological polar surface area (TPSA) is 62.6 Å². The Balaban J connectivity index is 2.30. The van der Waals surface area contributed by atoms with Gasteiger partial charge in [-0.2, -0.15) is 0 Å². The molecule has 0 unspecified atom stereocenters. The molecule has 2 rings (SSSR count). The van der Waals surface area contributed by atoms with E-state index in [0.717, 1.165) is 22.4 Å². The normalized spacial score (nSPS) is 10.7. The van der Waals surface area contributed by atoms with Gasteiger partial charge in [0.15, 0.2) is 0 Å². The zero-order valence-corrected chi connectivity index (χ0v) is 9.70. The Morgan fingerprint density at radius 1 is 1.44 bits per heavy atom. The summed E-state index contributed by atoms with van der Waals surface area (Å²) in [4.78, 5) is 4.43. The van der Waals surface area contributed by atoms with E-state index in [-0.39, 0.29) is 0 Å². The van der Waals surface area contributed by atoms with E-state index in [9.17, 15) is 0 Å². The summed E-state index contributed by atoms with van der Waals surface area (Å²) in [7, 11) is -1.50. The maximum atomic E-state index is 9.01. The Morgan fingerprint density at radius 3 is 2.94 bits per heavy atom. The van der Waals surface area contributed by atoms with Gasteiger partial charge < -0.3 is 14.8 Å². The van der Waals surface area contributed by atoms with Crippen molar-refractivity contribution in [2.45, 2.75) is 13.3 Å². The van der Waals surface area contributed by atoms with Crippen molar-refractivity contribution in [3.63, 3.8) is 0 Å². The van der Waals surface area contributed by atoms with Gasteiger partial charge in [0.1, 0.15) is 10.7 Å². The monoisotopic (exact) mass is 237 g/mol. The SMILES string of the molecule is CCCOc1ccc2sc(B(O)O)nc2c1. The molecule has 0 spiro atoms. The fraction of sp³-hybridized carbons (Fsp3) is 0.300. The molecule has 0 aliphatic rings. The molecule has 0 radical (unpaired) electrons. The summed E-state index contributed by atoms with van der Waals surface area (Å²) in [5, 5.41) is 18.0. The molecule has 1 aromatic heterocycles. The third kappa shape index (κ3) is 2.34. The second-order valence-electron chi connectivity index (χ2n) is 3.40. The minimum atomic E-state index is -1.50. The van der Waals surface area contributed by atoms with Crippen LogP contribution < -0.4 is 9.64 Å². The smallest absolute Gasteiger partial charge is 0.494 e. The second-order valence-corrected chi connectivity index (χ2v) is 4.47. The van der Waals surface area contributed by atoms with Gasteiger partial charge in [0, 0.05) is 6.07 Å². The van der Waals surface area contributed by atoms with Crippen LogP contribution in [0.15, 0.2) is 18.2 Å². The molecular weight excluding hydrogens is 225 g/mol. The quantitative estimate of drug-likeness (QED) is 0.771. The lowest BCUT2D eigenvalue weighted by Gasteiger charge is -2.02. The van der Waals surface area contributed by atoms with Crippen LogP contribution in [0.25, 0.3) is 10.2 Å². The lowest BCUT2D eigenvalue weighted by atomic mass is 9.94. The van der Waals surface area contributed by atoms with E-state index in [1.165, 1.54) is 11.3 Å². The predicted octanol–water partition coefficient (Wildman–Crippen LogP) is 0.765. The molecule has 2 N–H and O–H groups in total. The number of ether oxygens (including phenoxy) is 1. The molecule has 2 aromatic rings. The third-order valence-electron chi connectivity index (χ3n) is 2.07. The first-order chi connectivity index (χ1) is 7.70. The van der Waals surface area contributed by atoms with Gasteiger partial charge in [-0.1, -0.05) is 6.92 Å². The van der Waals surface area contributed by atoms with Crippen LogP contribution in [0, 0.1) is 0 Å². The molecule has 0 aliphatic carbocycles.